The molecule has 1 aromatic carbocycles. The van der Waals surface area contributed by atoms with Crippen molar-refractivity contribution in [3.05, 3.63) is 32.2 Å². The lowest BCUT2D eigenvalue weighted by atomic mass is 10.2. The first-order chi connectivity index (χ1) is 11.8. The molecule has 6 nitrogen and oxygen atoms in total. The molecule has 1 aliphatic rings. The quantitative estimate of drug-likeness (QED) is 0.355. The van der Waals surface area contributed by atoms with Crippen LogP contribution in [-0.4, -0.2) is 41.8 Å². The number of carbonyl (C=O) groups excluding carboxylic acids is 3. The van der Waals surface area contributed by atoms with Crippen molar-refractivity contribution in [2.75, 3.05) is 13.7 Å². The lowest BCUT2D eigenvalue weighted by molar-refractivity contribution is -0.150. The number of hydrogen-bond donors (Lipinski definition) is 0. The summed E-state index contributed by atoms with van der Waals surface area (Å²) in [6.45, 7) is 3.28. The molecule has 2 amide bonds. The molecule has 0 saturated carbocycles. The van der Waals surface area contributed by atoms with Crippen molar-refractivity contribution in [1.29, 1.82) is 0 Å². The van der Waals surface area contributed by atoms with Crippen molar-refractivity contribution in [3.8, 4) is 5.75 Å². The minimum atomic E-state index is -0.586. The summed E-state index contributed by atoms with van der Waals surface area (Å²) in [4.78, 5) is 37.5. The summed E-state index contributed by atoms with van der Waals surface area (Å²) in [6, 6.07) is 5.44. The van der Waals surface area contributed by atoms with Crippen LogP contribution in [0, 0.1) is 3.57 Å². The van der Waals surface area contributed by atoms with Crippen LogP contribution < -0.4 is 4.74 Å². The van der Waals surface area contributed by atoms with E-state index in [0.717, 1.165) is 31.5 Å². The van der Waals surface area contributed by atoms with E-state index in [2.05, 4.69) is 22.6 Å². The lowest BCUT2D eigenvalue weighted by Crippen LogP contribution is -2.35. The summed E-state index contributed by atoms with van der Waals surface area (Å²) in [5.74, 6) is -0.336. The highest BCUT2D eigenvalue weighted by Crippen LogP contribution is 2.33. The van der Waals surface area contributed by atoms with Crippen molar-refractivity contribution in [2.24, 2.45) is 0 Å². The molecule has 1 aliphatic heterocycles. The van der Waals surface area contributed by atoms with Gasteiger partial charge in [-0.25, -0.2) is 0 Å². The highest BCUT2D eigenvalue weighted by atomic mass is 127. The van der Waals surface area contributed by atoms with Gasteiger partial charge in [-0.1, -0.05) is 13.0 Å². The number of amides is 2. The zero-order valence-electron chi connectivity index (χ0n) is 14.1. The third kappa shape index (κ3) is 4.97. The first-order valence-corrected chi connectivity index (χ1v) is 9.53. The van der Waals surface area contributed by atoms with Gasteiger partial charge in [0, 0.05) is 0 Å². The number of hydrogen-bond acceptors (Lipinski definition) is 6. The maximum absolute atomic E-state index is 12.4. The number of imide groups is 1. The predicted octanol–water partition coefficient (Wildman–Crippen LogP) is 3.68. The summed E-state index contributed by atoms with van der Waals surface area (Å²) >= 11 is 2.95. The number of methoxy groups -OCH3 is 1. The topological polar surface area (TPSA) is 72.9 Å². The fourth-order valence-electron chi connectivity index (χ4n) is 2.03. The number of benzene rings is 1. The highest BCUT2D eigenvalue weighted by molar-refractivity contribution is 14.1. The van der Waals surface area contributed by atoms with Gasteiger partial charge >= 0.3 is 5.97 Å². The molecule has 1 atom stereocenters. The van der Waals surface area contributed by atoms with E-state index >= 15 is 0 Å². The van der Waals surface area contributed by atoms with Gasteiger partial charge in [-0.2, -0.15) is 0 Å². The molecule has 1 heterocycles. The number of ether oxygens (including phenoxy) is 2. The van der Waals surface area contributed by atoms with E-state index in [-0.39, 0.29) is 17.6 Å². The number of nitrogens with zero attached hydrogens (tertiary/aromatic N) is 1. The van der Waals surface area contributed by atoms with Gasteiger partial charge in [0.1, 0.15) is 12.3 Å². The molecule has 0 radical (unpaired) electrons. The molecule has 1 fully saturated rings. The predicted molar refractivity (Wildman–Crippen MR) is 104 cm³/mol. The van der Waals surface area contributed by atoms with Gasteiger partial charge in [0.2, 0.25) is 0 Å². The molecule has 1 saturated heterocycles. The van der Waals surface area contributed by atoms with Crippen molar-refractivity contribution in [2.45, 2.75) is 26.4 Å². The van der Waals surface area contributed by atoms with Crippen LogP contribution in [0.2, 0.25) is 0 Å². The Morgan fingerprint density at radius 3 is 2.72 bits per heavy atom. The summed E-state index contributed by atoms with van der Waals surface area (Å²) in [5, 5.41) is -0.472. The molecule has 0 aliphatic carbocycles. The molecule has 0 bridgehead atoms. The largest absolute Gasteiger partial charge is 0.496 e. The van der Waals surface area contributed by atoms with Crippen LogP contribution in [0.5, 0.6) is 5.75 Å². The molecule has 8 heteroatoms. The third-order valence-corrected chi connectivity index (χ3v) is 5.29. The standard InChI is InChI=1S/C17H18INO5S/c1-4-10(2)24-15(20)9-19-16(21)14(25-17(19)22)8-11-5-6-13(23-3)12(18)7-11/h5-8,10H,4,9H2,1-3H3/b14-8-/t10-/m0/s1. The maximum Gasteiger partial charge on any atom is 0.326 e. The van der Waals surface area contributed by atoms with E-state index in [1.54, 1.807) is 32.2 Å². The number of rotatable bonds is 6. The van der Waals surface area contributed by atoms with E-state index in [4.69, 9.17) is 9.47 Å². The van der Waals surface area contributed by atoms with Crippen LogP contribution in [0.1, 0.15) is 25.8 Å². The van der Waals surface area contributed by atoms with Crippen molar-refractivity contribution in [1.82, 2.24) is 4.90 Å². The van der Waals surface area contributed by atoms with E-state index in [0.29, 0.717) is 6.42 Å². The van der Waals surface area contributed by atoms with E-state index in [1.165, 1.54) is 0 Å². The first-order valence-electron chi connectivity index (χ1n) is 7.64. The van der Waals surface area contributed by atoms with Crippen LogP contribution in [0.3, 0.4) is 0 Å². The second-order valence-electron chi connectivity index (χ2n) is 5.37. The Hall–Kier alpha value is -1.55. The molecule has 0 spiro atoms. The second-order valence-corrected chi connectivity index (χ2v) is 7.53. The van der Waals surface area contributed by atoms with Crippen molar-refractivity contribution >= 4 is 57.5 Å². The van der Waals surface area contributed by atoms with Gasteiger partial charge in [0.25, 0.3) is 11.1 Å². The van der Waals surface area contributed by atoms with Gasteiger partial charge in [-0.05, 0) is 71.5 Å². The van der Waals surface area contributed by atoms with Crippen molar-refractivity contribution < 1.29 is 23.9 Å². The Bertz CT molecular complexity index is 734. The normalized spacial score (nSPS) is 17.1. The minimum Gasteiger partial charge on any atom is -0.496 e. The summed E-state index contributed by atoms with van der Waals surface area (Å²) < 4.78 is 11.2. The van der Waals surface area contributed by atoms with Gasteiger partial charge in [0.15, 0.2) is 0 Å². The van der Waals surface area contributed by atoms with E-state index in [1.807, 2.05) is 13.0 Å². The average molecular weight is 475 g/mol. The fraction of sp³-hybridized carbons (Fsp3) is 0.353. The molecule has 25 heavy (non-hydrogen) atoms. The molecule has 0 unspecified atom stereocenters. The molecule has 0 aromatic heterocycles. The van der Waals surface area contributed by atoms with Gasteiger partial charge < -0.3 is 9.47 Å². The highest BCUT2D eigenvalue weighted by Gasteiger charge is 2.36. The van der Waals surface area contributed by atoms with Crippen LogP contribution in [0.15, 0.2) is 23.1 Å². The summed E-state index contributed by atoms with van der Waals surface area (Å²) in [7, 11) is 1.58. The van der Waals surface area contributed by atoms with E-state index < -0.39 is 17.1 Å². The number of carbonyl (C=O) groups is 3. The second kappa shape index (κ2) is 8.70. The molecular formula is C17H18INO5S. The Balaban J connectivity index is 2.12. The molecule has 0 N–H and O–H groups in total. The molecule has 1 aromatic rings. The van der Waals surface area contributed by atoms with Crippen LogP contribution in [0.25, 0.3) is 6.08 Å². The zero-order valence-corrected chi connectivity index (χ0v) is 17.0. The number of esters is 1. The average Bonchev–Trinajstić information content (AvgIpc) is 2.82. The Labute approximate surface area is 164 Å². The monoisotopic (exact) mass is 475 g/mol. The molecule has 2 rings (SSSR count). The van der Waals surface area contributed by atoms with Crippen LogP contribution in [0.4, 0.5) is 4.79 Å². The zero-order chi connectivity index (χ0) is 18.6. The smallest absolute Gasteiger partial charge is 0.326 e. The molecule has 134 valence electrons. The third-order valence-electron chi connectivity index (χ3n) is 3.54. The minimum absolute atomic E-state index is 0.246. The maximum atomic E-state index is 12.4. The fourth-order valence-corrected chi connectivity index (χ4v) is 3.63. The Morgan fingerprint density at radius 1 is 1.40 bits per heavy atom. The van der Waals surface area contributed by atoms with Crippen molar-refractivity contribution in [3.63, 3.8) is 0 Å². The van der Waals surface area contributed by atoms with Crippen LogP contribution >= 0.6 is 34.4 Å². The molecular weight excluding hydrogens is 457 g/mol. The Morgan fingerprint density at radius 2 is 2.12 bits per heavy atom. The first kappa shape index (κ1) is 19.8. The summed E-state index contributed by atoms with van der Waals surface area (Å²) in [6.07, 6.45) is 2.06. The van der Waals surface area contributed by atoms with E-state index in [9.17, 15) is 14.4 Å². The lowest BCUT2D eigenvalue weighted by Gasteiger charge is -2.14. The van der Waals surface area contributed by atoms with Gasteiger partial charge in [-0.15, -0.1) is 0 Å². The SMILES string of the molecule is CC[C@H](C)OC(=O)CN1C(=O)S/C(=C\c2ccc(OC)c(I)c2)C1=O. The van der Waals surface area contributed by atoms with Gasteiger partial charge in [-0.3, -0.25) is 19.3 Å². The summed E-state index contributed by atoms with van der Waals surface area (Å²) in [5.41, 5.74) is 0.776. The number of halogens is 1. The van der Waals surface area contributed by atoms with Crippen LogP contribution in [-0.2, 0) is 14.3 Å². The van der Waals surface area contributed by atoms with Gasteiger partial charge in [0.05, 0.1) is 21.7 Å². The Kier molecular flexibility index (Phi) is 6.88. The number of thioether (sulfide) groups is 1.